The summed E-state index contributed by atoms with van der Waals surface area (Å²) < 4.78 is 28.6. The molecule has 3 aromatic heterocycles. The van der Waals surface area contributed by atoms with Gasteiger partial charge in [0.05, 0.1) is 35.2 Å². The van der Waals surface area contributed by atoms with E-state index in [-0.39, 0.29) is 17.9 Å². The van der Waals surface area contributed by atoms with E-state index in [9.17, 15) is 13.6 Å². The van der Waals surface area contributed by atoms with Crippen molar-refractivity contribution in [2.45, 2.75) is 12.6 Å². The topological polar surface area (TPSA) is 114 Å². The van der Waals surface area contributed by atoms with Gasteiger partial charge in [-0.25, -0.2) is 18.3 Å². The highest BCUT2D eigenvalue weighted by Gasteiger charge is 2.43. The molecule has 1 fully saturated rings. The summed E-state index contributed by atoms with van der Waals surface area (Å²) in [5, 5.41) is 14.3. The third-order valence-electron chi connectivity index (χ3n) is 4.61. The minimum absolute atomic E-state index is 0.0351. The second-order valence-electron chi connectivity index (χ2n) is 6.47. The summed E-state index contributed by atoms with van der Waals surface area (Å²) in [6.07, 6.45) is 2.21. The zero-order valence-corrected chi connectivity index (χ0v) is 13.8. The number of carbonyl (C=O) groups is 1. The molecule has 1 saturated carbocycles. The molecule has 0 saturated heterocycles. The molecule has 0 radical (unpaired) electrons. The molecule has 1 aromatic carbocycles. The second kappa shape index (κ2) is 5.47. The number of rotatable bonds is 3. The van der Waals surface area contributed by atoms with Crippen molar-refractivity contribution in [2.24, 2.45) is 5.92 Å². The first-order valence-corrected chi connectivity index (χ1v) is 8.24. The van der Waals surface area contributed by atoms with Gasteiger partial charge in [0.25, 0.3) is 0 Å². The van der Waals surface area contributed by atoms with E-state index in [0.29, 0.717) is 27.8 Å². The van der Waals surface area contributed by atoms with Crippen LogP contribution < -0.4 is 11.1 Å². The number of hydrogen-bond donors (Lipinski definition) is 3. The smallest absolute Gasteiger partial charge is 0.231 e. The molecule has 10 heteroatoms. The Morgan fingerprint density at radius 2 is 2.22 bits per heavy atom. The fraction of sp³-hybridized carbons (Fsp3) is 0.176. The van der Waals surface area contributed by atoms with Crippen LogP contribution in [-0.2, 0) is 4.79 Å². The highest BCUT2D eigenvalue weighted by molar-refractivity contribution is 5.99. The molecule has 0 spiro atoms. The summed E-state index contributed by atoms with van der Waals surface area (Å²) in [6.45, 7) is 0. The summed E-state index contributed by atoms with van der Waals surface area (Å²) >= 11 is 0. The minimum atomic E-state index is -1.08. The van der Waals surface area contributed by atoms with E-state index in [4.69, 9.17) is 5.73 Å². The van der Waals surface area contributed by atoms with Crippen LogP contribution in [0.15, 0.2) is 30.6 Å². The van der Waals surface area contributed by atoms with Gasteiger partial charge in [-0.05, 0) is 18.6 Å². The Morgan fingerprint density at radius 1 is 1.41 bits per heavy atom. The highest BCUT2D eigenvalue weighted by Crippen LogP contribution is 2.35. The van der Waals surface area contributed by atoms with Crippen LogP contribution in [0.3, 0.4) is 0 Å². The largest absolute Gasteiger partial charge is 0.396 e. The number of benzene rings is 1. The Hall–Kier alpha value is -3.56. The number of imidazole rings is 1. The van der Waals surface area contributed by atoms with E-state index >= 15 is 0 Å². The Morgan fingerprint density at radius 3 is 3.00 bits per heavy atom. The predicted octanol–water partition coefficient (Wildman–Crippen LogP) is 2.29. The van der Waals surface area contributed by atoms with Gasteiger partial charge in [0.2, 0.25) is 5.91 Å². The number of nitrogen functional groups attached to an aromatic ring is 1. The van der Waals surface area contributed by atoms with Gasteiger partial charge >= 0.3 is 0 Å². The molecule has 2 unspecified atom stereocenters. The third-order valence-corrected chi connectivity index (χ3v) is 4.61. The number of hydrogen-bond acceptors (Lipinski definition) is 5. The van der Waals surface area contributed by atoms with Crippen LogP contribution in [0, 0.1) is 11.7 Å². The van der Waals surface area contributed by atoms with Crippen molar-refractivity contribution < 1.29 is 13.6 Å². The lowest BCUT2D eigenvalue weighted by molar-refractivity contribution is -0.117. The van der Waals surface area contributed by atoms with Crippen molar-refractivity contribution >= 4 is 34.0 Å². The van der Waals surface area contributed by atoms with Gasteiger partial charge in [-0.1, -0.05) is 0 Å². The first-order chi connectivity index (χ1) is 13.0. The number of amides is 1. The zero-order valence-electron chi connectivity index (χ0n) is 13.8. The lowest BCUT2D eigenvalue weighted by Gasteiger charge is -2.08. The predicted molar refractivity (Wildman–Crippen MR) is 94.1 cm³/mol. The van der Waals surface area contributed by atoms with Gasteiger partial charge in [-0.2, -0.15) is 10.2 Å². The van der Waals surface area contributed by atoms with Crippen LogP contribution in [0.25, 0.3) is 27.8 Å². The number of nitrogens with one attached hydrogen (secondary N) is 2. The standard InChI is InChI=1S/C17H13F2N7O/c18-9-3-7(9)17(27)23-13-6-26-14(22-13)2-1-11(25-26)15-8-5-21-24-12(8)4-10(19)16(15)20/h1-2,4-7,9H,3,20H2,(H,21,24)(H,23,27). The number of fused-ring (bicyclic) bond motifs is 2. The van der Waals surface area contributed by atoms with Crippen LogP contribution in [-0.4, -0.2) is 36.9 Å². The van der Waals surface area contributed by atoms with Gasteiger partial charge in [0.1, 0.15) is 12.0 Å². The van der Waals surface area contributed by atoms with Crippen LogP contribution in [0.4, 0.5) is 20.3 Å². The zero-order chi connectivity index (χ0) is 18.7. The molecule has 136 valence electrons. The molecule has 0 aliphatic heterocycles. The number of carbonyl (C=O) groups excluding carboxylic acids is 1. The second-order valence-corrected chi connectivity index (χ2v) is 6.47. The highest BCUT2D eigenvalue weighted by atomic mass is 19.1. The Bertz CT molecular complexity index is 1210. The Labute approximate surface area is 150 Å². The first-order valence-electron chi connectivity index (χ1n) is 8.24. The lowest BCUT2D eigenvalue weighted by Crippen LogP contribution is -2.15. The number of nitrogens with two attached hydrogens (primary N) is 1. The van der Waals surface area contributed by atoms with Gasteiger partial charge in [-0.3, -0.25) is 9.89 Å². The van der Waals surface area contributed by atoms with Crippen LogP contribution in [0.5, 0.6) is 0 Å². The van der Waals surface area contributed by atoms with Crippen molar-refractivity contribution in [1.29, 1.82) is 0 Å². The van der Waals surface area contributed by atoms with E-state index in [0.717, 1.165) is 0 Å². The first kappa shape index (κ1) is 15.7. The summed E-state index contributed by atoms with van der Waals surface area (Å²) in [7, 11) is 0. The van der Waals surface area contributed by atoms with E-state index in [2.05, 4.69) is 25.6 Å². The Balaban J connectivity index is 1.56. The number of aromatic nitrogens is 5. The Kier molecular flexibility index (Phi) is 3.17. The molecule has 1 aliphatic rings. The SMILES string of the molecule is Nc1c(F)cc2[nH]ncc2c1-c1ccc2nc(NC(=O)C3CC3F)cn2n1. The number of alkyl halides is 1. The number of H-pyrrole nitrogens is 1. The molecule has 1 amide bonds. The molecular formula is C17H13F2N7O. The number of aromatic amines is 1. The molecule has 0 bridgehead atoms. The van der Waals surface area contributed by atoms with Crippen LogP contribution in [0.2, 0.25) is 0 Å². The monoisotopic (exact) mass is 369 g/mol. The van der Waals surface area contributed by atoms with E-state index in [1.54, 1.807) is 18.3 Å². The van der Waals surface area contributed by atoms with Crippen molar-refractivity contribution in [3.05, 3.63) is 36.4 Å². The summed E-state index contributed by atoms with van der Waals surface area (Å²) in [5.74, 6) is -1.32. The maximum Gasteiger partial charge on any atom is 0.231 e. The number of halogens is 2. The molecular weight excluding hydrogens is 356 g/mol. The summed E-state index contributed by atoms with van der Waals surface area (Å²) in [4.78, 5) is 16.1. The minimum Gasteiger partial charge on any atom is -0.396 e. The maximum absolute atomic E-state index is 14.1. The van der Waals surface area contributed by atoms with Gasteiger partial charge in [0, 0.05) is 17.0 Å². The molecule has 5 rings (SSSR count). The van der Waals surface area contributed by atoms with Crippen molar-refractivity contribution in [3.63, 3.8) is 0 Å². The third kappa shape index (κ3) is 2.48. The molecule has 2 atom stereocenters. The van der Waals surface area contributed by atoms with E-state index in [1.807, 2.05) is 0 Å². The fourth-order valence-electron chi connectivity index (χ4n) is 3.08. The van der Waals surface area contributed by atoms with Crippen molar-refractivity contribution in [1.82, 2.24) is 24.8 Å². The van der Waals surface area contributed by atoms with Crippen molar-refractivity contribution in [2.75, 3.05) is 11.1 Å². The van der Waals surface area contributed by atoms with Gasteiger partial charge < -0.3 is 11.1 Å². The van der Waals surface area contributed by atoms with Crippen LogP contribution in [0.1, 0.15) is 6.42 Å². The molecule has 3 heterocycles. The van der Waals surface area contributed by atoms with Crippen molar-refractivity contribution in [3.8, 4) is 11.3 Å². The molecule has 8 nitrogen and oxygen atoms in total. The fourth-order valence-corrected chi connectivity index (χ4v) is 3.08. The molecule has 27 heavy (non-hydrogen) atoms. The van der Waals surface area contributed by atoms with E-state index < -0.39 is 23.8 Å². The van der Waals surface area contributed by atoms with Gasteiger partial charge in [0.15, 0.2) is 11.5 Å². The number of anilines is 2. The molecule has 1 aliphatic carbocycles. The normalized spacial score (nSPS) is 18.9. The average Bonchev–Trinajstić information content (AvgIpc) is 3.02. The lowest BCUT2D eigenvalue weighted by atomic mass is 10.0. The summed E-state index contributed by atoms with van der Waals surface area (Å²) in [6, 6.07) is 4.61. The van der Waals surface area contributed by atoms with Gasteiger partial charge in [-0.15, -0.1) is 0 Å². The quantitative estimate of drug-likeness (QED) is 0.480. The molecule has 4 N–H and O–H groups in total. The van der Waals surface area contributed by atoms with Crippen LogP contribution >= 0.6 is 0 Å². The van der Waals surface area contributed by atoms with E-state index in [1.165, 1.54) is 16.8 Å². The summed E-state index contributed by atoms with van der Waals surface area (Å²) in [5.41, 5.74) is 7.71. The number of nitrogens with zero attached hydrogens (tertiary/aromatic N) is 4. The maximum atomic E-state index is 14.1. The molecule has 4 aromatic rings. The average molecular weight is 369 g/mol.